The van der Waals surface area contributed by atoms with E-state index in [1.807, 2.05) is 6.07 Å². The molecule has 1 aromatic heterocycles. The van der Waals surface area contributed by atoms with Crippen LogP contribution < -0.4 is 5.32 Å². The summed E-state index contributed by atoms with van der Waals surface area (Å²) >= 11 is 0. The standard InChI is InChI=1S/C15H22N2O4/c1-9(2)5-12-7-13(21-17-12)8-16-14(18)10-3-4-11(6-10)15(19)20/h7,9-11H,3-6,8H2,1-2H3,(H,16,18)(H,19,20)/t10-,11+/m0/s1. The van der Waals surface area contributed by atoms with E-state index in [1.165, 1.54) is 0 Å². The van der Waals surface area contributed by atoms with Crippen LogP contribution in [0.15, 0.2) is 10.6 Å². The van der Waals surface area contributed by atoms with Gasteiger partial charge in [-0.3, -0.25) is 9.59 Å². The lowest BCUT2D eigenvalue weighted by Crippen LogP contribution is -2.29. The summed E-state index contributed by atoms with van der Waals surface area (Å²) < 4.78 is 5.18. The second kappa shape index (κ2) is 6.74. The van der Waals surface area contributed by atoms with Crippen molar-refractivity contribution < 1.29 is 19.2 Å². The zero-order valence-electron chi connectivity index (χ0n) is 12.5. The Kier molecular flexibility index (Phi) is 4.98. The topological polar surface area (TPSA) is 92.4 Å². The molecule has 1 amide bonds. The van der Waals surface area contributed by atoms with Gasteiger partial charge in [-0.1, -0.05) is 19.0 Å². The molecular weight excluding hydrogens is 272 g/mol. The van der Waals surface area contributed by atoms with Crippen molar-refractivity contribution in [3.8, 4) is 0 Å². The van der Waals surface area contributed by atoms with Gasteiger partial charge in [-0.25, -0.2) is 0 Å². The van der Waals surface area contributed by atoms with Gasteiger partial charge in [0.1, 0.15) is 0 Å². The molecule has 1 saturated carbocycles. The average molecular weight is 294 g/mol. The molecule has 116 valence electrons. The maximum absolute atomic E-state index is 12.0. The number of amides is 1. The quantitative estimate of drug-likeness (QED) is 0.837. The highest BCUT2D eigenvalue weighted by Crippen LogP contribution is 2.31. The van der Waals surface area contributed by atoms with Gasteiger partial charge in [-0.2, -0.15) is 0 Å². The molecule has 0 saturated heterocycles. The summed E-state index contributed by atoms with van der Waals surface area (Å²) in [4.78, 5) is 22.9. The van der Waals surface area contributed by atoms with Crippen molar-refractivity contribution in [2.75, 3.05) is 0 Å². The normalized spacial score (nSPS) is 21.7. The Bertz CT molecular complexity index is 510. The third-order valence-corrected chi connectivity index (χ3v) is 3.81. The highest BCUT2D eigenvalue weighted by Gasteiger charge is 2.33. The van der Waals surface area contributed by atoms with Crippen molar-refractivity contribution >= 4 is 11.9 Å². The second-order valence-electron chi connectivity index (χ2n) is 6.15. The third kappa shape index (κ3) is 4.31. The summed E-state index contributed by atoms with van der Waals surface area (Å²) in [5.41, 5.74) is 0.890. The molecule has 1 aliphatic carbocycles. The van der Waals surface area contributed by atoms with E-state index in [0.717, 1.165) is 12.1 Å². The first-order valence-electron chi connectivity index (χ1n) is 7.40. The minimum Gasteiger partial charge on any atom is -0.481 e. The molecule has 21 heavy (non-hydrogen) atoms. The molecule has 2 N–H and O–H groups in total. The number of aromatic nitrogens is 1. The number of carbonyl (C=O) groups excluding carboxylic acids is 1. The summed E-state index contributed by atoms with van der Waals surface area (Å²) in [5.74, 6) is -0.358. The highest BCUT2D eigenvalue weighted by atomic mass is 16.5. The van der Waals surface area contributed by atoms with Gasteiger partial charge in [0.25, 0.3) is 0 Å². The molecule has 1 aliphatic rings. The number of carboxylic acid groups (broad SMARTS) is 1. The molecule has 2 rings (SSSR count). The molecule has 0 unspecified atom stereocenters. The first-order chi connectivity index (χ1) is 9.95. The van der Waals surface area contributed by atoms with E-state index in [4.69, 9.17) is 9.63 Å². The Morgan fingerprint density at radius 2 is 2.14 bits per heavy atom. The van der Waals surface area contributed by atoms with E-state index in [-0.39, 0.29) is 17.7 Å². The Labute approximate surface area is 123 Å². The number of hydrogen-bond acceptors (Lipinski definition) is 4. The van der Waals surface area contributed by atoms with E-state index in [0.29, 0.717) is 37.5 Å². The lowest BCUT2D eigenvalue weighted by Gasteiger charge is -2.09. The predicted molar refractivity (Wildman–Crippen MR) is 75.4 cm³/mol. The van der Waals surface area contributed by atoms with Gasteiger partial charge in [0.15, 0.2) is 5.76 Å². The molecule has 0 aromatic carbocycles. The molecule has 2 atom stereocenters. The van der Waals surface area contributed by atoms with Crippen LogP contribution in [0.4, 0.5) is 0 Å². The highest BCUT2D eigenvalue weighted by molar-refractivity contribution is 5.80. The number of carboxylic acids is 1. The van der Waals surface area contributed by atoms with Crippen LogP contribution in [0.25, 0.3) is 0 Å². The summed E-state index contributed by atoms with van der Waals surface area (Å²) in [5, 5.41) is 15.7. The minimum atomic E-state index is -0.807. The minimum absolute atomic E-state index is 0.0967. The maximum Gasteiger partial charge on any atom is 0.306 e. The molecule has 0 aliphatic heterocycles. The zero-order chi connectivity index (χ0) is 15.4. The van der Waals surface area contributed by atoms with Crippen LogP contribution in [-0.2, 0) is 22.6 Å². The number of rotatable bonds is 6. The van der Waals surface area contributed by atoms with Gasteiger partial charge < -0.3 is 14.9 Å². The van der Waals surface area contributed by atoms with Crippen LogP contribution >= 0.6 is 0 Å². The third-order valence-electron chi connectivity index (χ3n) is 3.81. The SMILES string of the molecule is CC(C)Cc1cc(CNC(=O)[C@H]2CC[C@@H](C(=O)O)C2)on1. The van der Waals surface area contributed by atoms with Crippen molar-refractivity contribution in [2.24, 2.45) is 17.8 Å². The molecule has 0 radical (unpaired) electrons. The van der Waals surface area contributed by atoms with Crippen LogP contribution in [0.5, 0.6) is 0 Å². The molecular formula is C15H22N2O4. The van der Waals surface area contributed by atoms with Crippen LogP contribution in [-0.4, -0.2) is 22.1 Å². The maximum atomic E-state index is 12.0. The summed E-state index contributed by atoms with van der Waals surface area (Å²) in [6.45, 7) is 4.52. The zero-order valence-corrected chi connectivity index (χ0v) is 12.5. The van der Waals surface area contributed by atoms with E-state index in [9.17, 15) is 9.59 Å². The number of carbonyl (C=O) groups is 2. The first-order valence-corrected chi connectivity index (χ1v) is 7.40. The Morgan fingerprint density at radius 1 is 1.43 bits per heavy atom. The number of aliphatic carboxylic acids is 1. The fraction of sp³-hybridized carbons (Fsp3) is 0.667. The number of nitrogens with one attached hydrogen (secondary N) is 1. The molecule has 1 fully saturated rings. The van der Waals surface area contributed by atoms with Crippen molar-refractivity contribution in [1.29, 1.82) is 0 Å². The van der Waals surface area contributed by atoms with Crippen molar-refractivity contribution in [2.45, 2.75) is 46.1 Å². The van der Waals surface area contributed by atoms with Gasteiger partial charge in [-0.05, 0) is 31.6 Å². The largest absolute Gasteiger partial charge is 0.481 e. The molecule has 6 nitrogen and oxygen atoms in total. The first kappa shape index (κ1) is 15.5. The van der Waals surface area contributed by atoms with Crippen molar-refractivity contribution in [3.05, 3.63) is 17.5 Å². The lowest BCUT2D eigenvalue weighted by atomic mass is 10.0. The Balaban J connectivity index is 1.79. The van der Waals surface area contributed by atoms with Crippen molar-refractivity contribution in [1.82, 2.24) is 10.5 Å². The van der Waals surface area contributed by atoms with Crippen molar-refractivity contribution in [3.63, 3.8) is 0 Å². The van der Waals surface area contributed by atoms with Crippen LogP contribution in [0.2, 0.25) is 0 Å². The molecule has 6 heteroatoms. The summed E-state index contributed by atoms with van der Waals surface area (Å²) in [6.07, 6.45) is 2.49. The molecule has 1 heterocycles. The van der Waals surface area contributed by atoms with E-state index >= 15 is 0 Å². The van der Waals surface area contributed by atoms with Crippen LogP contribution in [0.1, 0.15) is 44.6 Å². The Morgan fingerprint density at radius 3 is 2.76 bits per heavy atom. The fourth-order valence-electron chi connectivity index (χ4n) is 2.72. The predicted octanol–water partition coefficient (Wildman–Crippen LogP) is 1.99. The van der Waals surface area contributed by atoms with E-state index in [1.54, 1.807) is 0 Å². The number of nitrogens with zero attached hydrogens (tertiary/aromatic N) is 1. The monoisotopic (exact) mass is 294 g/mol. The second-order valence-corrected chi connectivity index (χ2v) is 6.15. The van der Waals surface area contributed by atoms with Gasteiger partial charge in [-0.15, -0.1) is 0 Å². The lowest BCUT2D eigenvalue weighted by molar-refractivity contribution is -0.141. The molecule has 0 bridgehead atoms. The van der Waals surface area contributed by atoms with Gasteiger partial charge in [0, 0.05) is 12.0 Å². The van der Waals surface area contributed by atoms with E-state index < -0.39 is 5.97 Å². The van der Waals surface area contributed by atoms with E-state index in [2.05, 4.69) is 24.3 Å². The molecule has 0 spiro atoms. The van der Waals surface area contributed by atoms with Gasteiger partial charge in [0.05, 0.1) is 18.2 Å². The Hall–Kier alpha value is -1.85. The van der Waals surface area contributed by atoms with Gasteiger partial charge in [0.2, 0.25) is 5.91 Å². The fourth-order valence-corrected chi connectivity index (χ4v) is 2.72. The van der Waals surface area contributed by atoms with Crippen LogP contribution in [0, 0.1) is 17.8 Å². The number of hydrogen-bond donors (Lipinski definition) is 2. The smallest absolute Gasteiger partial charge is 0.306 e. The average Bonchev–Trinajstić information content (AvgIpc) is 3.04. The summed E-state index contributed by atoms with van der Waals surface area (Å²) in [7, 11) is 0. The van der Waals surface area contributed by atoms with Crippen LogP contribution in [0.3, 0.4) is 0 Å². The van der Waals surface area contributed by atoms with Gasteiger partial charge >= 0.3 is 5.97 Å². The summed E-state index contributed by atoms with van der Waals surface area (Å²) in [6, 6.07) is 1.86. The molecule has 1 aromatic rings.